The molecule has 17 heavy (non-hydrogen) atoms. The number of nitrogens with zero attached hydrogens (tertiary/aromatic N) is 2. The largest absolute Gasteiger partial charge is 0.262 e. The molecule has 0 amide bonds. The SMILES string of the molecule is Cc1ccccn1.c1ccc2ncccc2c1. The number of fused-ring (bicyclic) bond motifs is 1. The highest BCUT2D eigenvalue weighted by Gasteiger charge is 1.86. The Kier molecular flexibility index (Phi) is 3.81. The molecule has 0 N–H and O–H groups in total. The van der Waals surface area contributed by atoms with Crippen LogP contribution in [0, 0.1) is 6.92 Å². The topological polar surface area (TPSA) is 25.8 Å². The molecule has 0 spiro atoms. The van der Waals surface area contributed by atoms with Crippen LogP contribution in [0.1, 0.15) is 5.69 Å². The van der Waals surface area contributed by atoms with E-state index in [1.54, 1.807) is 6.20 Å². The minimum absolute atomic E-state index is 1.06. The first-order chi connectivity index (χ1) is 8.36. The van der Waals surface area contributed by atoms with Crippen LogP contribution in [0.5, 0.6) is 0 Å². The fourth-order valence-electron chi connectivity index (χ4n) is 1.46. The van der Waals surface area contributed by atoms with E-state index < -0.39 is 0 Å². The third-order valence-electron chi connectivity index (χ3n) is 2.33. The fraction of sp³-hybridized carbons (Fsp3) is 0.0667. The summed E-state index contributed by atoms with van der Waals surface area (Å²) in [5.74, 6) is 0. The molecule has 3 aromatic rings. The summed E-state index contributed by atoms with van der Waals surface area (Å²) in [5.41, 5.74) is 2.13. The van der Waals surface area contributed by atoms with Crippen molar-refractivity contribution in [1.29, 1.82) is 0 Å². The number of aromatic nitrogens is 2. The third kappa shape index (κ3) is 3.38. The molecule has 1 aromatic carbocycles. The summed E-state index contributed by atoms with van der Waals surface area (Å²) in [4.78, 5) is 8.16. The lowest BCUT2D eigenvalue weighted by atomic mass is 10.2. The van der Waals surface area contributed by atoms with E-state index in [0.29, 0.717) is 0 Å². The van der Waals surface area contributed by atoms with E-state index in [1.807, 2.05) is 55.6 Å². The minimum Gasteiger partial charge on any atom is -0.262 e. The van der Waals surface area contributed by atoms with Gasteiger partial charge in [-0.2, -0.15) is 0 Å². The zero-order valence-corrected chi connectivity index (χ0v) is 9.75. The van der Waals surface area contributed by atoms with Gasteiger partial charge in [0.05, 0.1) is 5.52 Å². The van der Waals surface area contributed by atoms with Gasteiger partial charge in [0.2, 0.25) is 0 Å². The molecule has 0 saturated heterocycles. The minimum atomic E-state index is 1.06. The van der Waals surface area contributed by atoms with Gasteiger partial charge in [0, 0.05) is 23.5 Å². The second kappa shape index (κ2) is 5.75. The molecule has 84 valence electrons. The van der Waals surface area contributed by atoms with Gasteiger partial charge in [0.15, 0.2) is 0 Å². The molecule has 2 heterocycles. The van der Waals surface area contributed by atoms with Crippen molar-refractivity contribution in [2.45, 2.75) is 6.92 Å². The molecule has 0 saturated carbocycles. The van der Waals surface area contributed by atoms with E-state index in [2.05, 4.69) is 22.1 Å². The highest BCUT2D eigenvalue weighted by molar-refractivity contribution is 5.77. The smallest absolute Gasteiger partial charge is 0.0701 e. The van der Waals surface area contributed by atoms with Crippen LogP contribution in [0.25, 0.3) is 10.9 Å². The van der Waals surface area contributed by atoms with Crippen molar-refractivity contribution >= 4 is 10.9 Å². The number of para-hydroxylation sites is 1. The summed E-state index contributed by atoms with van der Waals surface area (Å²) < 4.78 is 0. The predicted octanol–water partition coefficient (Wildman–Crippen LogP) is 3.62. The number of benzene rings is 1. The number of hydrogen-bond acceptors (Lipinski definition) is 2. The Balaban J connectivity index is 0.000000136. The zero-order chi connectivity index (χ0) is 11.9. The van der Waals surface area contributed by atoms with Crippen molar-refractivity contribution in [3.05, 3.63) is 72.7 Å². The summed E-state index contributed by atoms with van der Waals surface area (Å²) >= 11 is 0. The molecule has 2 heteroatoms. The van der Waals surface area contributed by atoms with Crippen LogP contribution in [0.3, 0.4) is 0 Å². The van der Waals surface area contributed by atoms with E-state index in [1.165, 1.54) is 5.39 Å². The maximum Gasteiger partial charge on any atom is 0.0701 e. The summed E-state index contributed by atoms with van der Waals surface area (Å²) in [6, 6.07) is 17.9. The van der Waals surface area contributed by atoms with Crippen molar-refractivity contribution in [3.63, 3.8) is 0 Å². The monoisotopic (exact) mass is 222 g/mol. The van der Waals surface area contributed by atoms with Crippen molar-refractivity contribution < 1.29 is 0 Å². The second-order valence-corrected chi connectivity index (χ2v) is 3.67. The highest BCUT2D eigenvalue weighted by Crippen LogP contribution is 2.07. The summed E-state index contributed by atoms with van der Waals surface area (Å²) in [6.45, 7) is 1.97. The number of pyridine rings is 2. The zero-order valence-electron chi connectivity index (χ0n) is 9.75. The van der Waals surface area contributed by atoms with E-state index in [0.717, 1.165) is 11.2 Å². The first-order valence-electron chi connectivity index (χ1n) is 5.53. The van der Waals surface area contributed by atoms with Crippen molar-refractivity contribution in [2.24, 2.45) is 0 Å². The molecule has 0 aliphatic carbocycles. The Labute approximate surface area is 101 Å². The molecule has 0 bridgehead atoms. The number of aryl methyl sites for hydroxylation is 1. The van der Waals surface area contributed by atoms with E-state index in [-0.39, 0.29) is 0 Å². The molecule has 0 fully saturated rings. The quantitative estimate of drug-likeness (QED) is 0.580. The molecule has 3 rings (SSSR count). The van der Waals surface area contributed by atoms with E-state index in [4.69, 9.17) is 0 Å². The molecule has 0 atom stereocenters. The summed E-state index contributed by atoms with van der Waals surface area (Å²) in [6.07, 6.45) is 3.59. The van der Waals surface area contributed by atoms with Gasteiger partial charge in [-0.3, -0.25) is 9.97 Å². The van der Waals surface area contributed by atoms with Gasteiger partial charge in [0.1, 0.15) is 0 Å². The Hall–Kier alpha value is -2.22. The van der Waals surface area contributed by atoms with Gasteiger partial charge >= 0.3 is 0 Å². The molecule has 0 radical (unpaired) electrons. The van der Waals surface area contributed by atoms with Gasteiger partial charge < -0.3 is 0 Å². The molecule has 0 unspecified atom stereocenters. The first kappa shape index (κ1) is 11.3. The Bertz CT molecular complexity index is 511. The van der Waals surface area contributed by atoms with Crippen LogP contribution < -0.4 is 0 Å². The predicted molar refractivity (Wildman–Crippen MR) is 70.7 cm³/mol. The number of hydrogen-bond donors (Lipinski definition) is 0. The van der Waals surface area contributed by atoms with Crippen molar-refractivity contribution in [1.82, 2.24) is 9.97 Å². The summed E-state index contributed by atoms with van der Waals surface area (Å²) in [7, 11) is 0. The Morgan fingerprint density at radius 1 is 0.706 bits per heavy atom. The van der Waals surface area contributed by atoms with Gasteiger partial charge in [-0.25, -0.2) is 0 Å². The molecule has 2 nitrogen and oxygen atoms in total. The van der Waals surface area contributed by atoms with Gasteiger partial charge in [-0.15, -0.1) is 0 Å². The van der Waals surface area contributed by atoms with Gasteiger partial charge in [-0.05, 0) is 31.2 Å². The molecule has 0 aliphatic rings. The standard InChI is InChI=1S/C9H7N.C6H7N/c1-2-6-9-8(4-1)5-3-7-10-9;1-6-4-2-3-5-7-6/h1-7H;2-5H,1H3. The molecular formula is C15H14N2. The lowest BCUT2D eigenvalue weighted by Crippen LogP contribution is -1.73. The van der Waals surface area contributed by atoms with Crippen LogP contribution in [0.15, 0.2) is 67.0 Å². The highest BCUT2D eigenvalue weighted by atomic mass is 14.6. The Morgan fingerprint density at radius 3 is 2.06 bits per heavy atom. The maximum absolute atomic E-state index is 4.18. The van der Waals surface area contributed by atoms with Crippen LogP contribution in [-0.2, 0) is 0 Å². The molecule has 0 aliphatic heterocycles. The van der Waals surface area contributed by atoms with Crippen LogP contribution in [0.2, 0.25) is 0 Å². The third-order valence-corrected chi connectivity index (χ3v) is 2.33. The van der Waals surface area contributed by atoms with Crippen LogP contribution in [0.4, 0.5) is 0 Å². The lowest BCUT2D eigenvalue weighted by molar-refractivity contribution is 1.20. The average molecular weight is 222 g/mol. The van der Waals surface area contributed by atoms with Crippen molar-refractivity contribution in [2.75, 3.05) is 0 Å². The van der Waals surface area contributed by atoms with Crippen LogP contribution in [-0.4, -0.2) is 9.97 Å². The average Bonchev–Trinajstić information content (AvgIpc) is 2.41. The fourth-order valence-corrected chi connectivity index (χ4v) is 1.46. The van der Waals surface area contributed by atoms with E-state index in [9.17, 15) is 0 Å². The Morgan fingerprint density at radius 2 is 1.41 bits per heavy atom. The summed E-state index contributed by atoms with van der Waals surface area (Å²) in [5, 5.41) is 1.20. The second-order valence-electron chi connectivity index (χ2n) is 3.67. The molecule has 2 aromatic heterocycles. The first-order valence-corrected chi connectivity index (χ1v) is 5.53. The van der Waals surface area contributed by atoms with Gasteiger partial charge in [-0.1, -0.05) is 30.3 Å². The molecular weight excluding hydrogens is 208 g/mol. The van der Waals surface area contributed by atoms with Crippen LogP contribution >= 0.6 is 0 Å². The number of rotatable bonds is 0. The maximum atomic E-state index is 4.18. The van der Waals surface area contributed by atoms with Gasteiger partial charge in [0.25, 0.3) is 0 Å². The van der Waals surface area contributed by atoms with E-state index >= 15 is 0 Å². The normalized spacial score (nSPS) is 9.47. The lowest BCUT2D eigenvalue weighted by Gasteiger charge is -1.91. The van der Waals surface area contributed by atoms with Crippen molar-refractivity contribution in [3.8, 4) is 0 Å².